The van der Waals surface area contributed by atoms with Crippen LogP contribution in [0.4, 0.5) is 0 Å². The summed E-state index contributed by atoms with van der Waals surface area (Å²) in [5, 5.41) is 12.3. The van der Waals surface area contributed by atoms with Crippen LogP contribution in [0.25, 0.3) is 0 Å². The molecule has 2 aromatic rings. The van der Waals surface area contributed by atoms with Crippen molar-refractivity contribution in [2.24, 2.45) is 0 Å². The first kappa shape index (κ1) is 16.5. The molecule has 1 aliphatic carbocycles. The standard InChI is InChI=1S/C19H22N2O3/c22-19(23)16-5-3-4-14(10-16)11-20-12-15-8-9-18(21-13-15)24-17-6-1-2-7-17/h3-5,8-10,13,17,20H,1-2,6-7,11-12H2,(H,22,23). The number of aromatic nitrogens is 1. The number of hydrogen-bond donors (Lipinski definition) is 2. The number of nitrogens with one attached hydrogen (secondary N) is 1. The monoisotopic (exact) mass is 326 g/mol. The molecule has 0 amide bonds. The summed E-state index contributed by atoms with van der Waals surface area (Å²) in [6, 6.07) is 10.9. The zero-order valence-electron chi connectivity index (χ0n) is 13.6. The second-order valence-corrected chi connectivity index (χ2v) is 6.14. The third kappa shape index (κ3) is 4.55. The predicted molar refractivity (Wildman–Crippen MR) is 91.1 cm³/mol. The predicted octanol–water partition coefficient (Wildman–Crippen LogP) is 3.39. The van der Waals surface area contributed by atoms with Gasteiger partial charge in [-0.15, -0.1) is 0 Å². The summed E-state index contributed by atoms with van der Waals surface area (Å²) in [5.41, 5.74) is 2.33. The van der Waals surface area contributed by atoms with Crippen molar-refractivity contribution in [1.82, 2.24) is 10.3 Å². The highest BCUT2D eigenvalue weighted by molar-refractivity contribution is 5.87. The zero-order chi connectivity index (χ0) is 16.8. The first-order chi connectivity index (χ1) is 11.7. The molecule has 24 heavy (non-hydrogen) atoms. The molecule has 3 rings (SSSR count). The smallest absolute Gasteiger partial charge is 0.335 e. The van der Waals surface area contributed by atoms with E-state index in [1.807, 2.05) is 24.4 Å². The Bertz CT molecular complexity index is 679. The number of carboxylic acids is 1. The SMILES string of the molecule is O=C(O)c1cccc(CNCc2ccc(OC3CCCC3)nc2)c1. The highest BCUT2D eigenvalue weighted by Gasteiger charge is 2.16. The van der Waals surface area contributed by atoms with Crippen LogP contribution in [0.5, 0.6) is 5.88 Å². The number of ether oxygens (including phenoxy) is 1. The van der Waals surface area contributed by atoms with Crippen LogP contribution in [-0.2, 0) is 13.1 Å². The summed E-state index contributed by atoms with van der Waals surface area (Å²) in [6.07, 6.45) is 6.89. The van der Waals surface area contributed by atoms with Crippen LogP contribution < -0.4 is 10.1 Å². The van der Waals surface area contributed by atoms with E-state index >= 15 is 0 Å². The number of rotatable bonds is 7. The van der Waals surface area contributed by atoms with Crippen molar-refractivity contribution in [1.29, 1.82) is 0 Å². The molecule has 0 spiro atoms. The maximum absolute atomic E-state index is 11.0. The molecule has 126 valence electrons. The van der Waals surface area contributed by atoms with Gasteiger partial charge in [0.1, 0.15) is 6.10 Å². The van der Waals surface area contributed by atoms with Crippen LogP contribution in [0.1, 0.15) is 47.2 Å². The molecule has 1 aromatic heterocycles. The number of hydrogen-bond acceptors (Lipinski definition) is 4. The minimum absolute atomic E-state index is 0.310. The van der Waals surface area contributed by atoms with Crippen molar-refractivity contribution in [3.8, 4) is 5.88 Å². The quantitative estimate of drug-likeness (QED) is 0.816. The van der Waals surface area contributed by atoms with Crippen molar-refractivity contribution in [3.63, 3.8) is 0 Å². The second kappa shape index (κ2) is 7.93. The number of aromatic carboxylic acids is 1. The number of nitrogens with zero attached hydrogens (tertiary/aromatic N) is 1. The van der Waals surface area contributed by atoms with Crippen LogP contribution in [0.15, 0.2) is 42.6 Å². The van der Waals surface area contributed by atoms with E-state index in [-0.39, 0.29) is 0 Å². The Labute approximate surface area is 141 Å². The fourth-order valence-corrected chi connectivity index (χ4v) is 2.93. The van der Waals surface area contributed by atoms with E-state index in [4.69, 9.17) is 9.84 Å². The third-order valence-corrected chi connectivity index (χ3v) is 4.22. The summed E-state index contributed by atoms with van der Waals surface area (Å²) >= 11 is 0. The van der Waals surface area contributed by atoms with E-state index < -0.39 is 5.97 Å². The van der Waals surface area contributed by atoms with Gasteiger partial charge in [-0.25, -0.2) is 9.78 Å². The fraction of sp³-hybridized carbons (Fsp3) is 0.368. The van der Waals surface area contributed by atoms with Crippen molar-refractivity contribution < 1.29 is 14.6 Å². The Morgan fingerprint density at radius 1 is 1.17 bits per heavy atom. The summed E-state index contributed by atoms with van der Waals surface area (Å²) in [7, 11) is 0. The average Bonchev–Trinajstić information content (AvgIpc) is 3.10. The first-order valence-electron chi connectivity index (χ1n) is 8.35. The molecule has 0 saturated heterocycles. The molecule has 5 nitrogen and oxygen atoms in total. The minimum atomic E-state index is -0.904. The van der Waals surface area contributed by atoms with Gasteiger partial charge in [-0.3, -0.25) is 0 Å². The summed E-state index contributed by atoms with van der Waals surface area (Å²) in [6.45, 7) is 1.29. The number of carboxylic acid groups (broad SMARTS) is 1. The molecule has 0 unspecified atom stereocenters. The maximum Gasteiger partial charge on any atom is 0.335 e. The lowest BCUT2D eigenvalue weighted by Crippen LogP contribution is -2.14. The van der Waals surface area contributed by atoms with Gasteiger partial charge in [0.05, 0.1) is 5.56 Å². The van der Waals surface area contributed by atoms with Gasteiger partial charge in [-0.1, -0.05) is 18.2 Å². The van der Waals surface area contributed by atoms with Gasteiger partial charge >= 0.3 is 5.97 Å². The maximum atomic E-state index is 11.0. The van der Waals surface area contributed by atoms with Crippen molar-refractivity contribution in [2.45, 2.75) is 44.9 Å². The minimum Gasteiger partial charge on any atom is -0.478 e. The normalized spacial score (nSPS) is 14.7. The molecule has 1 saturated carbocycles. The Kier molecular flexibility index (Phi) is 5.43. The van der Waals surface area contributed by atoms with E-state index in [0.29, 0.717) is 30.6 Å². The molecule has 0 atom stereocenters. The summed E-state index contributed by atoms with van der Waals surface area (Å²) in [4.78, 5) is 15.3. The fourth-order valence-electron chi connectivity index (χ4n) is 2.93. The lowest BCUT2D eigenvalue weighted by Gasteiger charge is -2.12. The summed E-state index contributed by atoms with van der Waals surface area (Å²) < 4.78 is 5.85. The molecule has 1 fully saturated rings. The molecular weight excluding hydrogens is 304 g/mol. The molecule has 0 aliphatic heterocycles. The average molecular weight is 326 g/mol. The topological polar surface area (TPSA) is 71.5 Å². The van der Waals surface area contributed by atoms with Crippen LogP contribution in [0, 0.1) is 0 Å². The van der Waals surface area contributed by atoms with Gasteiger partial charge < -0.3 is 15.2 Å². The van der Waals surface area contributed by atoms with E-state index in [1.54, 1.807) is 18.2 Å². The lowest BCUT2D eigenvalue weighted by molar-refractivity contribution is 0.0696. The number of pyridine rings is 1. The van der Waals surface area contributed by atoms with E-state index in [0.717, 1.165) is 24.0 Å². The van der Waals surface area contributed by atoms with Gasteiger partial charge in [0, 0.05) is 25.4 Å². The van der Waals surface area contributed by atoms with Crippen LogP contribution in [0.3, 0.4) is 0 Å². The molecule has 2 N–H and O–H groups in total. The molecular formula is C19H22N2O3. The molecule has 1 aromatic carbocycles. The number of benzene rings is 1. The Balaban J connectivity index is 1.48. The second-order valence-electron chi connectivity index (χ2n) is 6.14. The van der Waals surface area contributed by atoms with Gasteiger partial charge in [-0.05, 0) is 48.9 Å². The van der Waals surface area contributed by atoms with Gasteiger partial charge in [0.2, 0.25) is 5.88 Å². The molecule has 5 heteroatoms. The number of carbonyl (C=O) groups is 1. The van der Waals surface area contributed by atoms with Gasteiger partial charge in [-0.2, -0.15) is 0 Å². The van der Waals surface area contributed by atoms with Crippen LogP contribution >= 0.6 is 0 Å². The zero-order valence-corrected chi connectivity index (χ0v) is 13.6. The highest BCUT2D eigenvalue weighted by atomic mass is 16.5. The van der Waals surface area contributed by atoms with E-state index in [2.05, 4.69) is 10.3 Å². The first-order valence-corrected chi connectivity index (χ1v) is 8.35. The Morgan fingerprint density at radius 2 is 1.96 bits per heavy atom. The Hall–Kier alpha value is -2.40. The van der Waals surface area contributed by atoms with Crippen LogP contribution in [0.2, 0.25) is 0 Å². The van der Waals surface area contributed by atoms with Gasteiger partial charge in [0.25, 0.3) is 0 Å². The lowest BCUT2D eigenvalue weighted by atomic mass is 10.1. The summed E-state index contributed by atoms with van der Waals surface area (Å²) in [5.74, 6) is -0.210. The van der Waals surface area contributed by atoms with Crippen molar-refractivity contribution >= 4 is 5.97 Å². The molecule has 1 aliphatic rings. The van der Waals surface area contributed by atoms with Gasteiger partial charge in [0.15, 0.2) is 0 Å². The Morgan fingerprint density at radius 3 is 2.67 bits per heavy atom. The molecule has 0 bridgehead atoms. The van der Waals surface area contributed by atoms with E-state index in [9.17, 15) is 4.79 Å². The third-order valence-electron chi connectivity index (χ3n) is 4.22. The van der Waals surface area contributed by atoms with Crippen molar-refractivity contribution in [3.05, 3.63) is 59.3 Å². The van der Waals surface area contributed by atoms with Crippen LogP contribution in [-0.4, -0.2) is 22.2 Å². The van der Waals surface area contributed by atoms with Crippen molar-refractivity contribution in [2.75, 3.05) is 0 Å². The molecule has 1 heterocycles. The largest absolute Gasteiger partial charge is 0.478 e. The highest BCUT2D eigenvalue weighted by Crippen LogP contribution is 2.22. The van der Waals surface area contributed by atoms with E-state index in [1.165, 1.54) is 12.8 Å². The molecule has 0 radical (unpaired) electrons.